The molecule has 6 heteroatoms. The number of piperidine rings is 1. The van der Waals surface area contributed by atoms with Gasteiger partial charge < -0.3 is 20.4 Å². The molecule has 0 saturated carbocycles. The van der Waals surface area contributed by atoms with Crippen molar-refractivity contribution in [3.8, 4) is 0 Å². The van der Waals surface area contributed by atoms with Crippen LogP contribution in [0.5, 0.6) is 0 Å². The number of aliphatic carboxylic acids is 1. The van der Waals surface area contributed by atoms with Gasteiger partial charge in [-0.25, -0.2) is 4.79 Å². The SMILES string of the molecule is CC(CCCNC(=O)N1CCCCC1CO)C(=O)O. The summed E-state index contributed by atoms with van der Waals surface area (Å²) >= 11 is 0. The number of hydrogen-bond acceptors (Lipinski definition) is 3. The number of carboxylic acid groups (broad SMARTS) is 1. The molecule has 0 spiro atoms. The highest BCUT2D eigenvalue weighted by Crippen LogP contribution is 2.16. The summed E-state index contributed by atoms with van der Waals surface area (Å²) in [4.78, 5) is 24.3. The van der Waals surface area contributed by atoms with Crippen molar-refractivity contribution >= 4 is 12.0 Å². The predicted octanol–water partition coefficient (Wildman–Crippen LogP) is 1.04. The van der Waals surface area contributed by atoms with Gasteiger partial charge in [-0.05, 0) is 32.1 Å². The van der Waals surface area contributed by atoms with Crippen LogP contribution in [0.2, 0.25) is 0 Å². The topological polar surface area (TPSA) is 89.9 Å². The van der Waals surface area contributed by atoms with E-state index in [-0.39, 0.29) is 24.6 Å². The lowest BCUT2D eigenvalue weighted by Crippen LogP contribution is -2.50. The van der Waals surface area contributed by atoms with Crippen LogP contribution >= 0.6 is 0 Å². The van der Waals surface area contributed by atoms with Gasteiger partial charge in [0.25, 0.3) is 0 Å². The van der Waals surface area contributed by atoms with E-state index >= 15 is 0 Å². The Hall–Kier alpha value is -1.30. The van der Waals surface area contributed by atoms with Crippen LogP contribution in [0.25, 0.3) is 0 Å². The summed E-state index contributed by atoms with van der Waals surface area (Å²) < 4.78 is 0. The molecular formula is C13H24N2O4. The molecule has 0 bridgehead atoms. The van der Waals surface area contributed by atoms with Crippen molar-refractivity contribution < 1.29 is 19.8 Å². The zero-order chi connectivity index (χ0) is 14.3. The molecule has 19 heavy (non-hydrogen) atoms. The van der Waals surface area contributed by atoms with Gasteiger partial charge >= 0.3 is 12.0 Å². The van der Waals surface area contributed by atoms with Crippen molar-refractivity contribution in [2.24, 2.45) is 5.92 Å². The van der Waals surface area contributed by atoms with E-state index in [9.17, 15) is 14.7 Å². The number of likely N-dealkylation sites (tertiary alicyclic amines) is 1. The molecule has 1 aliphatic rings. The molecule has 1 fully saturated rings. The average Bonchev–Trinajstić information content (AvgIpc) is 2.42. The minimum absolute atomic E-state index is 0.00344. The highest BCUT2D eigenvalue weighted by atomic mass is 16.4. The normalized spacial score (nSPS) is 20.9. The average molecular weight is 272 g/mol. The zero-order valence-electron chi connectivity index (χ0n) is 11.5. The maximum Gasteiger partial charge on any atom is 0.317 e. The van der Waals surface area contributed by atoms with Gasteiger partial charge in [0.05, 0.1) is 18.6 Å². The number of carboxylic acids is 1. The maximum atomic E-state index is 11.9. The van der Waals surface area contributed by atoms with Crippen molar-refractivity contribution in [1.29, 1.82) is 0 Å². The second-order valence-electron chi connectivity index (χ2n) is 5.14. The second-order valence-corrected chi connectivity index (χ2v) is 5.14. The number of rotatable bonds is 6. The Labute approximate surface area is 113 Å². The number of aliphatic hydroxyl groups excluding tert-OH is 1. The first-order valence-corrected chi connectivity index (χ1v) is 6.94. The van der Waals surface area contributed by atoms with E-state index < -0.39 is 5.97 Å². The van der Waals surface area contributed by atoms with Gasteiger partial charge in [-0.1, -0.05) is 6.92 Å². The maximum absolute atomic E-state index is 11.9. The van der Waals surface area contributed by atoms with Crippen LogP contribution in [0.4, 0.5) is 4.79 Å². The summed E-state index contributed by atoms with van der Waals surface area (Å²) in [6, 6.07) is -0.228. The third kappa shape index (κ3) is 5.06. The number of urea groups is 1. The molecular weight excluding hydrogens is 248 g/mol. The van der Waals surface area contributed by atoms with Gasteiger partial charge in [0.1, 0.15) is 0 Å². The summed E-state index contributed by atoms with van der Waals surface area (Å²) in [5, 5.41) is 20.8. The third-order valence-electron chi connectivity index (χ3n) is 3.61. The number of carbonyl (C=O) groups is 2. The number of aliphatic hydroxyl groups is 1. The van der Waals surface area contributed by atoms with E-state index in [1.807, 2.05) is 0 Å². The molecule has 2 amide bonds. The fraction of sp³-hybridized carbons (Fsp3) is 0.846. The van der Waals surface area contributed by atoms with Crippen molar-refractivity contribution in [1.82, 2.24) is 10.2 Å². The lowest BCUT2D eigenvalue weighted by atomic mass is 10.0. The van der Waals surface area contributed by atoms with E-state index in [4.69, 9.17) is 5.11 Å². The number of carbonyl (C=O) groups excluding carboxylic acids is 1. The molecule has 1 saturated heterocycles. The lowest BCUT2D eigenvalue weighted by Gasteiger charge is -2.34. The van der Waals surface area contributed by atoms with E-state index in [2.05, 4.69) is 5.32 Å². The minimum Gasteiger partial charge on any atom is -0.481 e. The van der Waals surface area contributed by atoms with Gasteiger partial charge in [-0.15, -0.1) is 0 Å². The smallest absolute Gasteiger partial charge is 0.317 e. The van der Waals surface area contributed by atoms with Crippen LogP contribution < -0.4 is 5.32 Å². The number of amides is 2. The third-order valence-corrected chi connectivity index (χ3v) is 3.61. The van der Waals surface area contributed by atoms with Crippen molar-refractivity contribution in [3.63, 3.8) is 0 Å². The van der Waals surface area contributed by atoms with E-state index in [0.717, 1.165) is 19.3 Å². The quantitative estimate of drug-likeness (QED) is 0.630. The largest absolute Gasteiger partial charge is 0.481 e. The Morgan fingerprint density at radius 1 is 1.42 bits per heavy atom. The molecule has 2 unspecified atom stereocenters. The summed E-state index contributed by atoms with van der Waals surface area (Å²) in [5.41, 5.74) is 0. The molecule has 0 radical (unpaired) electrons. The van der Waals surface area contributed by atoms with E-state index in [1.54, 1.807) is 11.8 Å². The van der Waals surface area contributed by atoms with Crippen molar-refractivity contribution in [3.05, 3.63) is 0 Å². The summed E-state index contributed by atoms with van der Waals surface area (Å²) in [5.74, 6) is -1.18. The molecule has 1 rings (SSSR count). The minimum atomic E-state index is -0.803. The Kier molecular flexibility index (Phi) is 6.62. The van der Waals surface area contributed by atoms with Gasteiger partial charge in [0, 0.05) is 13.1 Å². The van der Waals surface area contributed by atoms with Gasteiger partial charge in [-0.3, -0.25) is 4.79 Å². The molecule has 1 aliphatic heterocycles. The Morgan fingerprint density at radius 2 is 2.16 bits per heavy atom. The molecule has 110 valence electrons. The number of nitrogens with one attached hydrogen (secondary N) is 1. The van der Waals surface area contributed by atoms with Crippen LogP contribution in [0, 0.1) is 5.92 Å². The monoisotopic (exact) mass is 272 g/mol. The molecule has 2 atom stereocenters. The number of hydrogen-bond donors (Lipinski definition) is 3. The molecule has 3 N–H and O–H groups in total. The second kappa shape index (κ2) is 7.99. The molecule has 0 aromatic carbocycles. The van der Waals surface area contributed by atoms with Crippen LogP contribution in [0.15, 0.2) is 0 Å². The molecule has 0 aliphatic carbocycles. The lowest BCUT2D eigenvalue weighted by molar-refractivity contribution is -0.141. The van der Waals surface area contributed by atoms with Gasteiger partial charge in [-0.2, -0.15) is 0 Å². The van der Waals surface area contributed by atoms with Crippen molar-refractivity contribution in [2.45, 2.75) is 45.1 Å². The molecule has 1 heterocycles. The standard InChI is InChI=1S/C13H24N2O4/c1-10(12(17)18)5-4-7-14-13(19)15-8-3-2-6-11(15)9-16/h10-11,16H,2-9H2,1H3,(H,14,19)(H,17,18). The molecule has 6 nitrogen and oxygen atoms in total. The highest BCUT2D eigenvalue weighted by Gasteiger charge is 2.25. The first-order chi connectivity index (χ1) is 9.06. The summed E-state index contributed by atoms with van der Waals surface area (Å²) in [6.07, 6.45) is 4.07. The highest BCUT2D eigenvalue weighted by molar-refractivity contribution is 5.74. The molecule has 0 aromatic heterocycles. The van der Waals surface area contributed by atoms with Gasteiger partial charge in [0.15, 0.2) is 0 Å². The fourth-order valence-corrected chi connectivity index (χ4v) is 2.29. The Balaban J connectivity index is 2.24. The van der Waals surface area contributed by atoms with Crippen LogP contribution in [-0.4, -0.2) is 52.9 Å². The fourth-order valence-electron chi connectivity index (χ4n) is 2.29. The Bertz CT molecular complexity index is 309. The van der Waals surface area contributed by atoms with Crippen molar-refractivity contribution in [2.75, 3.05) is 19.7 Å². The Morgan fingerprint density at radius 3 is 2.79 bits per heavy atom. The van der Waals surface area contributed by atoms with Crippen LogP contribution in [0.3, 0.4) is 0 Å². The van der Waals surface area contributed by atoms with Gasteiger partial charge in [0.2, 0.25) is 0 Å². The predicted molar refractivity (Wildman–Crippen MR) is 70.9 cm³/mol. The summed E-state index contributed by atoms with van der Waals surface area (Å²) in [7, 11) is 0. The zero-order valence-corrected chi connectivity index (χ0v) is 11.5. The van der Waals surface area contributed by atoms with E-state index in [1.165, 1.54) is 0 Å². The first kappa shape index (κ1) is 15.8. The van der Waals surface area contributed by atoms with Crippen LogP contribution in [-0.2, 0) is 4.79 Å². The first-order valence-electron chi connectivity index (χ1n) is 6.94. The number of nitrogens with zero attached hydrogens (tertiary/aromatic N) is 1. The summed E-state index contributed by atoms with van der Waals surface area (Å²) in [6.45, 7) is 2.83. The van der Waals surface area contributed by atoms with Crippen LogP contribution in [0.1, 0.15) is 39.0 Å². The molecule has 0 aromatic rings. The van der Waals surface area contributed by atoms with E-state index in [0.29, 0.717) is 25.9 Å².